The highest BCUT2D eigenvalue weighted by Crippen LogP contribution is 2.22. The van der Waals surface area contributed by atoms with Crippen LogP contribution in [0.25, 0.3) is 0 Å². The van der Waals surface area contributed by atoms with Crippen molar-refractivity contribution in [2.75, 3.05) is 51.8 Å². The average molecular weight is 464 g/mol. The van der Waals surface area contributed by atoms with Crippen molar-refractivity contribution in [1.29, 1.82) is 0 Å². The zero-order valence-corrected chi connectivity index (χ0v) is 18.5. The summed E-state index contributed by atoms with van der Waals surface area (Å²) in [5.41, 5.74) is 1.25. The van der Waals surface area contributed by atoms with Gasteiger partial charge in [0.05, 0.1) is 19.4 Å². The highest BCUT2D eigenvalue weighted by atomic mass is 35.5. The number of hydrogen-bond acceptors (Lipinski definition) is 6. The summed E-state index contributed by atoms with van der Waals surface area (Å²) < 4.78 is 18.9. The van der Waals surface area contributed by atoms with Crippen molar-refractivity contribution in [3.8, 4) is 0 Å². The van der Waals surface area contributed by atoms with Gasteiger partial charge in [-0.3, -0.25) is 14.5 Å². The monoisotopic (exact) mass is 463 g/mol. The number of nitrogens with one attached hydrogen (secondary N) is 1. The number of aromatic nitrogens is 2. The SMILES string of the molecule is O=C(NCCN1CCOCC1)C(c1ccnnc1)N(CCc1cccc(F)c1)C(=O)CCl. The van der Waals surface area contributed by atoms with Gasteiger partial charge < -0.3 is 15.0 Å². The average Bonchev–Trinajstić information content (AvgIpc) is 2.82. The fraction of sp³-hybridized carbons (Fsp3) is 0.455. The van der Waals surface area contributed by atoms with Crippen molar-refractivity contribution in [2.45, 2.75) is 12.5 Å². The van der Waals surface area contributed by atoms with Crippen molar-refractivity contribution in [3.63, 3.8) is 0 Å². The van der Waals surface area contributed by atoms with Gasteiger partial charge in [0.25, 0.3) is 0 Å². The number of carbonyl (C=O) groups excluding carboxylic acids is 2. The van der Waals surface area contributed by atoms with Crippen LogP contribution < -0.4 is 5.32 Å². The second kappa shape index (κ2) is 12.4. The van der Waals surface area contributed by atoms with Crippen LogP contribution >= 0.6 is 11.6 Å². The summed E-state index contributed by atoms with van der Waals surface area (Å²) in [5, 5.41) is 10.6. The van der Waals surface area contributed by atoms with E-state index >= 15 is 0 Å². The quantitative estimate of drug-likeness (QED) is 0.536. The van der Waals surface area contributed by atoms with Crippen LogP contribution in [0, 0.1) is 5.82 Å². The first-order chi connectivity index (χ1) is 15.6. The van der Waals surface area contributed by atoms with E-state index in [4.69, 9.17) is 16.3 Å². The zero-order chi connectivity index (χ0) is 22.8. The molecule has 3 rings (SSSR count). The minimum atomic E-state index is -0.921. The number of benzene rings is 1. The van der Waals surface area contributed by atoms with E-state index in [1.54, 1.807) is 18.2 Å². The maximum atomic E-state index is 13.6. The summed E-state index contributed by atoms with van der Waals surface area (Å²) >= 11 is 5.87. The Bertz CT molecular complexity index is 883. The molecule has 1 aliphatic heterocycles. The minimum absolute atomic E-state index is 0.193. The molecule has 1 aromatic heterocycles. The first-order valence-electron chi connectivity index (χ1n) is 10.5. The molecular formula is C22H27ClFN5O3. The molecule has 10 heteroatoms. The Morgan fingerprint density at radius 2 is 2.06 bits per heavy atom. The lowest BCUT2D eigenvalue weighted by Crippen LogP contribution is -2.47. The predicted octanol–water partition coefficient (Wildman–Crippen LogP) is 1.42. The predicted molar refractivity (Wildman–Crippen MR) is 118 cm³/mol. The van der Waals surface area contributed by atoms with Crippen LogP contribution in [0.2, 0.25) is 0 Å². The summed E-state index contributed by atoms with van der Waals surface area (Å²) in [4.78, 5) is 29.6. The number of morpholine rings is 1. The molecule has 0 radical (unpaired) electrons. The van der Waals surface area contributed by atoms with Gasteiger partial charge in [0.2, 0.25) is 11.8 Å². The molecule has 172 valence electrons. The maximum Gasteiger partial charge on any atom is 0.247 e. The number of rotatable bonds is 10. The largest absolute Gasteiger partial charge is 0.379 e. The Morgan fingerprint density at radius 3 is 2.75 bits per heavy atom. The van der Waals surface area contributed by atoms with Crippen LogP contribution in [0.15, 0.2) is 42.7 Å². The van der Waals surface area contributed by atoms with Crippen molar-refractivity contribution in [1.82, 2.24) is 25.3 Å². The third-order valence-corrected chi connectivity index (χ3v) is 5.51. The molecule has 0 saturated carbocycles. The number of alkyl halides is 1. The van der Waals surface area contributed by atoms with Crippen LogP contribution in [0.1, 0.15) is 17.2 Å². The number of carbonyl (C=O) groups is 2. The molecule has 8 nitrogen and oxygen atoms in total. The Morgan fingerprint density at radius 1 is 1.25 bits per heavy atom. The van der Waals surface area contributed by atoms with E-state index in [-0.39, 0.29) is 24.1 Å². The zero-order valence-electron chi connectivity index (χ0n) is 17.8. The number of hydrogen-bond donors (Lipinski definition) is 1. The Labute approximate surface area is 191 Å². The van der Waals surface area contributed by atoms with E-state index in [2.05, 4.69) is 20.4 Å². The summed E-state index contributed by atoms with van der Waals surface area (Å²) in [6.07, 6.45) is 3.30. The topological polar surface area (TPSA) is 87.7 Å². The maximum absolute atomic E-state index is 13.6. The van der Waals surface area contributed by atoms with Crippen LogP contribution in [-0.4, -0.2) is 83.6 Å². The molecule has 32 heavy (non-hydrogen) atoms. The molecule has 1 aromatic carbocycles. The number of amides is 2. The summed E-state index contributed by atoms with van der Waals surface area (Å²) in [5.74, 6) is -1.36. The van der Waals surface area contributed by atoms with Crippen LogP contribution in [0.3, 0.4) is 0 Å². The van der Waals surface area contributed by atoms with Gasteiger partial charge in [-0.25, -0.2) is 4.39 Å². The third kappa shape index (κ3) is 6.94. The number of nitrogens with zero attached hydrogens (tertiary/aromatic N) is 4. The molecule has 0 aliphatic carbocycles. The van der Waals surface area contributed by atoms with Crippen molar-refractivity contribution >= 4 is 23.4 Å². The first kappa shape index (κ1) is 24.0. The van der Waals surface area contributed by atoms with E-state index in [9.17, 15) is 14.0 Å². The second-order valence-electron chi connectivity index (χ2n) is 7.42. The van der Waals surface area contributed by atoms with Gasteiger partial charge in [-0.1, -0.05) is 12.1 Å². The van der Waals surface area contributed by atoms with Gasteiger partial charge >= 0.3 is 0 Å². The first-order valence-corrected chi connectivity index (χ1v) is 11.1. The van der Waals surface area contributed by atoms with E-state index < -0.39 is 11.9 Å². The molecule has 2 heterocycles. The fourth-order valence-electron chi connectivity index (χ4n) is 3.61. The van der Waals surface area contributed by atoms with Crippen LogP contribution in [0.5, 0.6) is 0 Å². The van der Waals surface area contributed by atoms with E-state index in [1.165, 1.54) is 29.4 Å². The van der Waals surface area contributed by atoms with E-state index in [0.717, 1.165) is 18.7 Å². The van der Waals surface area contributed by atoms with Crippen LogP contribution in [-0.2, 0) is 20.7 Å². The molecule has 1 fully saturated rings. The lowest BCUT2D eigenvalue weighted by atomic mass is 10.1. The number of ether oxygens (including phenoxy) is 1. The van der Waals surface area contributed by atoms with Gasteiger partial charge in [-0.05, 0) is 30.2 Å². The summed E-state index contributed by atoms with van der Waals surface area (Å²) in [6, 6.07) is 6.89. The van der Waals surface area contributed by atoms with Gasteiger partial charge in [-0.15, -0.1) is 11.6 Å². The molecule has 2 amide bonds. The minimum Gasteiger partial charge on any atom is -0.379 e. The van der Waals surface area contributed by atoms with E-state index in [0.29, 0.717) is 38.3 Å². The standard InChI is InChI=1S/C22H27ClFN5O3/c23-15-20(30)29(8-5-17-2-1-3-19(24)14-17)21(18-4-6-26-27-16-18)22(31)25-7-9-28-10-12-32-13-11-28/h1-4,6,14,16,21H,5,7-13,15H2,(H,25,31). The molecule has 1 N–H and O–H groups in total. The molecule has 1 atom stereocenters. The molecule has 1 unspecified atom stereocenters. The highest BCUT2D eigenvalue weighted by Gasteiger charge is 2.31. The van der Waals surface area contributed by atoms with Crippen LogP contribution in [0.4, 0.5) is 4.39 Å². The second-order valence-corrected chi connectivity index (χ2v) is 7.69. The van der Waals surface area contributed by atoms with Gasteiger partial charge in [0, 0.05) is 44.5 Å². The lowest BCUT2D eigenvalue weighted by Gasteiger charge is -2.31. The molecule has 0 bridgehead atoms. The van der Waals surface area contributed by atoms with Crippen molar-refractivity contribution < 1.29 is 18.7 Å². The molecule has 1 saturated heterocycles. The van der Waals surface area contributed by atoms with Gasteiger partial charge in [0.1, 0.15) is 17.7 Å². The Kier molecular flexibility index (Phi) is 9.33. The molecule has 2 aromatic rings. The smallest absolute Gasteiger partial charge is 0.247 e. The molecular weight excluding hydrogens is 437 g/mol. The van der Waals surface area contributed by atoms with Crippen molar-refractivity contribution in [3.05, 3.63) is 59.7 Å². The fourth-order valence-corrected chi connectivity index (χ4v) is 3.76. The lowest BCUT2D eigenvalue weighted by molar-refractivity contribution is -0.139. The van der Waals surface area contributed by atoms with Gasteiger partial charge in [0.15, 0.2) is 0 Å². The number of halogens is 2. The molecule has 1 aliphatic rings. The Hall–Kier alpha value is -2.62. The summed E-state index contributed by atoms with van der Waals surface area (Å²) in [6.45, 7) is 4.30. The van der Waals surface area contributed by atoms with Gasteiger partial charge in [-0.2, -0.15) is 10.2 Å². The normalized spacial score (nSPS) is 15.2. The summed E-state index contributed by atoms with van der Waals surface area (Å²) in [7, 11) is 0. The van der Waals surface area contributed by atoms with Crippen molar-refractivity contribution in [2.24, 2.45) is 0 Å². The van der Waals surface area contributed by atoms with E-state index in [1.807, 2.05) is 0 Å². The Balaban J connectivity index is 1.74. The highest BCUT2D eigenvalue weighted by molar-refractivity contribution is 6.27. The third-order valence-electron chi connectivity index (χ3n) is 5.28. The molecule has 0 spiro atoms.